The Labute approximate surface area is 122 Å². The second-order valence-electron chi connectivity index (χ2n) is 6.05. The Bertz CT molecular complexity index is 446. The topological polar surface area (TPSA) is 23.6 Å². The number of rotatable bonds is 3. The molecular formula is C17H26N2O. The van der Waals surface area contributed by atoms with E-state index in [0.717, 1.165) is 19.5 Å². The van der Waals surface area contributed by atoms with E-state index < -0.39 is 0 Å². The van der Waals surface area contributed by atoms with E-state index in [9.17, 15) is 4.79 Å². The van der Waals surface area contributed by atoms with Crippen LogP contribution in [-0.4, -0.2) is 41.9 Å². The summed E-state index contributed by atoms with van der Waals surface area (Å²) in [4.78, 5) is 16.0. The van der Waals surface area contributed by atoms with Gasteiger partial charge in [-0.25, -0.2) is 0 Å². The van der Waals surface area contributed by atoms with Crippen LogP contribution in [0.3, 0.4) is 0 Å². The number of nitrogens with zero attached hydrogens (tertiary/aromatic N) is 2. The maximum absolute atomic E-state index is 11.6. The highest BCUT2D eigenvalue weighted by molar-refractivity contribution is 5.73. The maximum Gasteiger partial charge on any atom is 0.219 e. The summed E-state index contributed by atoms with van der Waals surface area (Å²) in [5, 5.41) is 0. The lowest BCUT2D eigenvalue weighted by Crippen LogP contribution is -2.52. The Morgan fingerprint density at radius 1 is 1.35 bits per heavy atom. The van der Waals surface area contributed by atoms with Crippen LogP contribution in [0.1, 0.15) is 38.8 Å². The zero-order valence-corrected chi connectivity index (χ0v) is 13.0. The Morgan fingerprint density at radius 2 is 2.00 bits per heavy atom. The molecule has 0 N–H and O–H groups in total. The molecule has 3 nitrogen and oxygen atoms in total. The van der Waals surface area contributed by atoms with Crippen LogP contribution < -0.4 is 0 Å². The molecule has 1 saturated heterocycles. The maximum atomic E-state index is 11.6. The SMILES string of the molecule is CC(=O)N1CC[C@H](C)[C@H](N(C)[C@@H](C)c2ccccc2)C1. The van der Waals surface area contributed by atoms with Crippen LogP contribution in [0.4, 0.5) is 0 Å². The van der Waals surface area contributed by atoms with Crippen LogP contribution in [0.2, 0.25) is 0 Å². The Morgan fingerprint density at radius 3 is 2.60 bits per heavy atom. The second kappa shape index (κ2) is 6.40. The van der Waals surface area contributed by atoms with Crippen molar-refractivity contribution in [3.8, 4) is 0 Å². The largest absolute Gasteiger partial charge is 0.341 e. The van der Waals surface area contributed by atoms with Crippen molar-refractivity contribution in [2.24, 2.45) is 5.92 Å². The summed E-state index contributed by atoms with van der Waals surface area (Å²) >= 11 is 0. The number of carbonyl (C=O) groups excluding carboxylic acids is 1. The van der Waals surface area contributed by atoms with Gasteiger partial charge in [0.2, 0.25) is 5.91 Å². The van der Waals surface area contributed by atoms with E-state index in [0.29, 0.717) is 18.0 Å². The number of likely N-dealkylation sites (N-methyl/N-ethyl adjacent to an activating group) is 1. The molecule has 0 unspecified atom stereocenters. The fourth-order valence-corrected chi connectivity index (χ4v) is 3.12. The normalized spacial score (nSPS) is 24.8. The Hall–Kier alpha value is -1.35. The molecule has 1 amide bonds. The van der Waals surface area contributed by atoms with E-state index in [4.69, 9.17) is 0 Å². The molecule has 110 valence electrons. The van der Waals surface area contributed by atoms with Gasteiger partial charge in [-0.2, -0.15) is 0 Å². The number of benzene rings is 1. The van der Waals surface area contributed by atoms with Gasteiger partial charge in [0, 0.05) is 32.1 Å². The minimum absolute atomic E-state index is 0.197. The fourth-order valence-electron chi connectivity index (χ4n) is 3.12. The van der Waals surface area contributed by atoms with E-state index in [2.05, 4.69) is 56.1 Å². The number of piperidine rings is 1. The van der Waals surface area contributed by atoms with E-state index in [-0.39, 0.29) is 5.91 Å². The van der Waals surface area contributed by atoms with Crippen LogP contribution >= 0.6 is 0 Å². The summed E-state index contributed by atoms with van der Waals surface area (Å²) in [5.41, 5.74) is 1.34. The lowest BCUT2D eigenvalue weighted by atomic mass is 9.90. The fraction of sp³-hybridized carbons (Fsp3) is 0.588. The van der Waals surface area contributed by atoms with Crippen molar-refractivity contribution in [2.45, 2.75) is 39.3 Å². The van der Waals surface area contributed by atoms with Crippen LogP contribution in [0.15, 0.2) is 30.3 Å². The molecule has 2 rings (SSSR count). The first kappa shape index (κ1) is 15.0. The van der Waals surface area contributed by atoms with Crippen molar-refractivity contribution in [1.82, 2.24) is 9.80 Å². The molecule has 0 aliphatic carbocycles. The summed E-state index contributed by atoms with van der Waals surface area (Å²) in [6, 6.07) is 11.4. The zero-order valence-electron chi connectivity index (χ0n) is 13.0. The molecule has 1 aliphatic heterocycles. The zero-order chi connectivity index (χ0) is 14.7. The molecule has 0 spiro atoms. The van der Waals surface area contributed by atoms with E-state index >= 15 is 0 Å². The predicted octanol–water partition coefficient (Wildman–Crippen LogP) is 2.94. The number of amides is 1. The summed E-state index contributed by atoms with van der Waals surface area (Å²) in [6.07, 6.45) is 1.09. The average Bonchev–Trinajstić information content (AvgIpc) is 2.47. The van der Waals surface area contributed by atoms with Gasteiger partial charge in [-0.1, -0.05) is 37.3 Å². The monoisotopic (exact) mass is 274 g/mol. The van der Waals surface area contributed by atoms with Gasteiger partial charge in [-0.15, -0.1) is 0 Å². The van der Waals surface area contributed by atoms with E-state index in [1.165, 1.54) is 5.56 Å². The van der Waals surface area contributed by atoms with Crippen LogP contribution in [0.25, 0.3) is 0 Å². The predicted molar refractivity (Wildman–Crippen MR) is 82.4 cm³/mol. The lowest BCUT2D eigenvalue weighted by molar-refractivity contribution is -0.131. The number of likely N-dealkylation sites (tertiary alicyclic amines) is 1. The van der Waals surface area contributed by atoms with Crippen LogP contribution in [0.5, 0.6) is 0 Å². The Kier molecular flexibility index (Phi) is 4.81. The minimum Gasteiger partial charge on any atom is -0.341 e. The smallest absolute Gasteiger partial charge is 0.219 e. The average molecular weight is 274 g/mol. The van der Waals surface area contributed by atoms with Gasteiger partial charge in [-0.3, -0.25) is 9.69 Å². The molecule has 1 aromatic carbocycles. The van der Waals surface area contributed by atoms with Crippen molar-refractivity contribution < 1.29 is 4.79 Å². The molecule has 3 heteroatoms. The highest BCUT2D eigenvalue weighted by Crippen LogP contribution is 2.28. The molecule has 1 aliphatic rings. The van der Waals surface area contributed by atoms with Crippen molar-refractivity contribution >= 4 is 5.91 Å². The summed E-state index contributed by atoms with van der Waals surface area (Å²) in [7, 11) is 2.18. The van der Waals surface area contributed by atoms with Gasteiger partial charge in [0.25, 0.3) is 0 Å². The van der Waals surface area contributed by atoms with E-state index in [1.807, 2.05) is 4.90 Å². The molecule has 0 aromatic heterocycles. The van der Waals surface area contributed by atoms with Gasteiger partial charge in [0.15, 0.2) is 0 Å². The first-order valence-electron chi connectivity index (χ1n) is 7.53. The number of hydrogen-bond donors (Lipinski definition) is 0. The lowest BCUT2D eigenvalue weighted by Gasteiger charge is -2.43. The molecule has 0 radical (unpaired) electrons. The van der Waals surface area contributed by atoms with Gasteiger partial charge < -0.3 is 4.90 Å². The molecular weight excluding hydrogens is 248 g/mol. The quantitative estimate of drug-likeness (QED) is 0.846. The third-order valence-electron chi connectivity index (χ3n) is 4.78. The van der Waals surface area contributed by atoms with Crippen molar-refractivity contribution in [3.63, 3.8) is 0 Å². The van der Waals surface area contributed by atoms with Crippen molar-refractivity contribution in [1.29, 1.82) is 0 Å². The molecule has 1 heterocycles. The van der Waals surface area contributed by atoms with Gasteiger partial charge in [0.05, 0.1) is 0 Å². The van der Waals surface area contributed by atoms with Crippen LogP contribution in [-0.2, 0) is 4.79 Å². The van der Waals surface area contributed by atoms with Crippen molar-refractivity contribution in [2.75, 3.05) is 20.1 Å². The third-order valence-corrected chi connectivity index (χ3v) is 4.78. The van der Waals surface area contributed by atoms with Gasteiger partial charge >= 0.3 is 0 Å². The molecule has 1 aromatic rings. The number of hydrogen-bond acceptors (Lipinski definition) is 2. The number of carbonyl (C=O) groups is 1. The van der Waals surface area contributed by atoms with Crippen LogP contribution in [0, 0.1) is 5.92 Å². The van der Waals surface area contributed by atoms with Gasteiger partial charge in [-0.05, 0) is 31.9 Å². The Balaban J connectivity index is 2.10. The molecule has 0 bridgehead atoms. The summed E-state index contributed by atoms with van der Waals surface area (Å²) in [5.74, 6) is 0.824. The highest BCUT2D eigenvalue weighted by Gasteiger charge is 2.32. The molecule has 20 heavy (non-hydrogen) atoms. The third kappa shape index (κ3) is 3.21. The first-order valence-corrected chi connectivity index (χ1v) is 7.53. The first-order chi connectivity index (χ1) is 9.50. The highest BCUT2D eigenvalue weighted by atomic mass is 16.2. The molecule has 0 saturated carbocycles. The van der Waals surface area contributed by atoms with Gasteiger partial charge in [0.1, 0.15) is 0 Å². The molecule has 1 fully saturated rings. The standard InChI is InChI=1S/C17H26N2O/c1-13-10-11-19(15(3)20)12-17(13)18(4)14(2)16-8-6-5-7-9-16/h5-9,13-14,17H,10-12H2,1-4H3/t13-,14-,17+/m0/s1. The summed E-state index contributed by atoms with van der Waals surface area (Å²) in [6.45, 7) is 7.98. The van der Waals surface area contributed by atoms with Crippen molar-refractivity contribution in [3.05, 3.63) is 35.9 Å². The second-order valence-corrected chi connectivity index (χ2v) is 6.05. The molecule has 3 atom stereocenters. The van der Waals surface area contributed by atoms with E-state index in [1.54, 1.807) is 6.92 Å². The minimum atomic E-state index is 0.197. The summed E-state index contributed by atoms with van der Waals surface area (Å²) < 4.78 is 0.